The number of amides is 2. The topological polar surface area (TPSA) is 54.0 Å². The van der Waals surface area contributed by atoms with E-state index in [4.69, 9.17) is 9.47 Å². The Labute approximate surface area is 156 Å². The average molecular weight is 361 g/mol. The van der Waals surface area contributed by atoms with Gasteiger partial charge in [0.2, 0.25) is 0 Å². The van der Waals surface area contributed by atoms with Crippen molar-refractivity contribution in [3.05, 3.63) is 29.3 Å². The van der Waals surface area contributed by atoms with Crippen molar-refractivity contribution < 1.29 is 14.3 Å². The van der Waals surface area contributed by atoms with Gasteiger partial charge in [-0.15, -0.1) is 0 Å². The largest absolute Gasteiger partial charge is 0.487 e. The van der Waals surface area contributed by atoms with Crippen LogP contribution in [-0.4, -0.2) is 68.4 Å². The minimum absolute atomic E-state index is 0.0173. The van der Waals surface area contributed by atoms with Gasteiger partial charge >= 0.3 is 6.03 Å². The molecule has 1 N–H and O–H groups in total. The van der Waals surface area contributed by atoms with Gasteiger partial charge < -0.3 is 24.6 Å². The van der Waals surface area contributed by atoms with Crippen LogP contribution in [0.2, 0.25) is 0 Å². The van der Waals surface area contributed by atoms with E-state index in [0.717, 1.165) is 30.8 Å². The molecule has 1 unspecified atom stereocenters. The van der Waals surface area contributed by atoms with Crippen molar-refractivity contribution in [1.29, 1.82) is 0 Å². The molecule has 0 aromatic heterocycles. The molecule has 0 saturated carbocycles. The molecule has 0 aliphatic carbocycles. The highest BCUT2D eigenvalue weighted by Crippen LogP contribution is 2.35. The summed E-state index contributed by atoms with van der Waals surface area (Å²) in [6, 6.07) is 6.17. The molecule has 1 aromatic rings. The fourth-order valence-electron chi connectivity index (χ4n) is 3.75. The van der Waals surface area contributed by atoms with Crippen LogP contribution >= 0.6 is 0 Å². The standard InChI is InChI=1S/C20H31N3O3/c1-20(2)10-17-9-15(5-6-18(17)26-20)11-21-19(24)23-7-8-25-14-16(13-23)12-22(3)4/h5-6,9,16H,7-8,10-14H2,1-4H3,(H,21,24). The molecule has 26 heavy (non-hydrogen) atoms. The number of hydrogen-bond acceptors (Lipinski definition) is 4. The first-order valence-electron chi connectivity index (χ1n) is 9.38. The summed E-state index contributed by atoms with van der Waals surface area (Å²) in [4.78, 5) is 16.6. The van der Waals surface area contributed by atoms with Gasteiger partial charge in [-0.2, -0.15) is 0 Å². The molecule has 2 aliphatic rings. The molecule has 0 radical (unpaired) electrons. The van der Waals surface area contributed by atoms with Gasteiger partial charge in [0.15, 0.2) is 0 Å². The zero-order valence-corrected chi connectivity index (χ0v) is 16.4. The number of fused-ring (bicyclic) bond motifs is 1. The summed E-state index contributed by atoms with van der Waals surface area (Å²) >= 11 is 0. The van der Waals surface area contributed by atoms with Gasteiger partial charge in [0.1, 0.15) is 11.4 Å². The van der Waals surface area contributed by atoms with Crippen LogP contribution in [0.3, 0.4) is 0 Å². The van der Waals surface area contributed by atoms with Gasteiger partial charge in [0.25, 0.3) is 0 Å². The lowest BCUT2D eigenvalue weighted by atomic mass is 10.0. The van der Waals surface area contributed by atoms with Crippen LogP contribution in [0.1, 0.15) is 25.0 Å². The monoisotopic (exact) mass is 361 g/mol. The maximum absolute atomic E-state index is 12.6. The highest BCUT2D eigenvalue weighted by atomic mass is 16.5. The lowest BCUT2D eigenvalue weighted by Gasteiger charge is -2.25. The lowest BCUT2D eigenvalue weighted by Crippen LogP contribution is -2.44. The van der Waals surface area contributed by atoms with Crippen LogP contribution in [0.5, 0.6) is 5.75 Å². The zero-order chi connectivity index (χ0) is 18.7. The molecule has 0 bridgehead atoms. The Morgan fingerprint density at radius 2 is 2.19 bits per heavy atom. The molecule has 6 heteroatoms. The second-order valence-electron chi connectivity index (χ2n) is 8.29. The van der Waals surface area contributed by atoms with E-state index in [0.29, 0.717) is 32.2 Å². The van der Waals surface area contributed by atoms with Crippen LogP contribution < -0.4 is 10.1 Å². The summed E-state index contributed by atoms with van der Waals surface area (Å²) in [7, 11) is 4.10. The van der Waals surface area contributed by atoms with Crippen molar-refractivity contribution in [2.24, 2.45) is 5.92 Å². The Bertz CT molecular complexity index is 645. The number of benzene rings is 1. The summed E-state index contributed by atoms with van der Waals surface area (Å²) < 4.78 is 11.6. The van der Waals surface area contributed by atoms with E-state index in [2.05, 4.69) is 30.1 Å². The summed E-state index contributed by atoms with van der Waals surface area (Å²) in [6.07, 6.45) is 0.903. The number of rotatable bonds is 4. The van der Waals surface area contributed by atoms with E-state index in [1.165, 1.54) is 5.56 Å². The maximum Gasteiger partial charge on any atom is 0.317 e. The van der Waals surface area contributed by atoms with E-state index >= 15 is 0 Å². The Balaban J connectivity index is 1.55. The molecule has 3 rings (SSSR count). The van der Waals surface area contributed by atoms with Crippen LogP contribution in [0.25, 0.3) is 0 Å². The third-order valence-electron chi connectivity index (χ3n) is 4.82. The molecule has 1 saturated heterocycles. The molecule has 2 heterocycles. The Morgan fingerprint density at radius 1 is 1.38 bits per heavy atom. The maximum atomic E-state index is 12.6. The van der Waals surface area contributed by atoms with E-state index < -0.39 is 0 Å². The number of nitrogens with one attached hydrogen (secondary N) is 1. The van der Waals surface area contributed by atoms with Gasteiger partial charge in [0.05, 0.1) is 13.2 Å². The van der Waals surface area contributed by atoms with E-state index in [9.17, 15) is 4.79 Å². The molecule has 144 valence electrons. The van der Waals surface area contributed by atoms with Crippen LogP contribution in [-0.2, 0) is 17.7 Å². The number of ether oxygens (including phenoxy) is 2. The fourth-order valence-corrected chi connectivity index (χ4v) is 3.75. The van der Waals surface area contributed by atoms with Crippen molar-refractivity contribution >= 4 is 6.03 Å². The third-order valence-corrected chi connectivity index (χ3v) is 4.82. The first-order chi connectivity index (χ1) is 12.3. The normalized spacial score (nSPS) is 21.9. The van der Waals surface area contributed by atoms with Crippen LogP contribution in [0.15, 0.2) is 18.2 Å². The predicted octanol–water partition coefficient (Wildman–Crippen LogP) is 2.12. The predicted molar refractivity (Wildman–Crippen MR) is 102 cm³/mol. The second-order valence-corrected chi connectivity index (χ2v) is 8.29. The van der Waals surface area contributed by atoms with Crippen LogP contribution in [0, 0.1) is 5.92 Å². The smallest absolute Gasteiger partial charge is 0.317 e. The fraction of sp³-hybridized carbons (Fsp3) is 0.650. The zero-order valence-electron chi connectivity index (χ0n) is 16.4. The summed E-state index contributed by atoms with van der Waals surface area (Å²) in [6.45, 7) is 8.33. The number of urea groups is 1. The molecular weight excluding hydrogens is 330 g/mol. The summed E-state index contributed by atoms with van der Waals surface area (Å²) in [5.74, 6) is 1.30. The van der Waals surface area contributed by atoms with Gasteiger partial charge in [0, 0.05) is 38.5 Å². The van der Waals surface area contributed by atoms with Crippen molar-refractivity contribution in [1.82, 2.24) is 15.1 Å². The van der Waals surface area contributed by atoms with Gasteiger partial charge in [-0.25, -0.2) is 4.79 Å². The molecule has 6 nitrogen and oxygen atoms in total. The van der Waals surface area contributed by atoms with Crippen molar-refractivity contribution in [2.45, 2.75) is 32.4 Å². The highest BCUT2D eigenvalue weighted by molar-refractivity contribution is 5.74. The average Bonchev–Trinajstić information content (AvgIpc) is 2.71. The minimum atomic E-state index is -0.141. The van der Waals surface area contributed by atoms with Gasteiger partial charge in [-0.1, -0.05) is 12.1 Å². The number of carbonyl (C=O) groups is 1. The second kappa shape index (κ2) is 7.84. The Hall–Kier alpha value is -1.79. The molecule has 2 amide bonds. The molecule has 2 aliphatic heterocycles. The Kier molecular flexibility index (Phi) is 5.73. The first-order valence-corrected chi connectivity index (χ1v) is 9.38. The first kappa shape index (κ1) is 19.0. The number of hydrogen-bond donors (Lipinski definition) is 1. The Morgan fingerprint density at radius 3 is 2.96 bits per heavy atom. The van der Waals surface area contributed by atoms with Crippen molar-refractivity contribution in [2.75, 3.05) is 46.9 Å². The number of nitrogens with zero attached hydrogens (tertiary/aromatic N) is 2. The molecule has 1 atom stereocenters. The SMILES string of the molecule is CN(C)CC1COCCN(C(=O)NCc2ccc3c(c2)CC(C)(C)O3)C1. The molecule has 0 spiro atoms. The number of carbonyl (C=O) groups excluding carboxylic acids is 1. The van der Waals surface area contributed by atoms with E-state index in [1.54, 1.807) is 0 Å². The van der Waals surface area contributed by atoms with E-state index in [1.807, 2.05) is 31.1 Å². The third kappa shape index (κ3) is 4.89. The van der Waals surface area contributed by atoms with Gasteiger partial charge in [-0.3, -0.25) is 0 Å². The van der Waals surface area contributed by atoms with E-state index in [-0.39, 0.29) is 11.6 Å². The molecular formula is C20H31N3O3. The van der Waals surface area contributed by atoms with Gasteiger partial charge in [-0.05, 0) is 45.1 Å². The van der Waals surface area contributed by atoms with Crippen molar-refractivity contribution in [3.63, 3.8) is 0 Å². The van der Waals surface area contributed by atoms with Crippen molar-refractivity contribution in [3.8, 4) is 5.75 Å². The quantitative estimate of drug-likeness (QED) is 0.893. The molecule has 1 fully saturated rings. The minimum Gasteiger partial charge on any atom is -0.487 e. The summed E-state index contributed by atoms with van der Waals surface area (Å²) in [5, 5.41) is 3.06. The lowest BCUT2D eigenvalue weighted by molar-refractivity contribution is 0.112. The highest BCUT2D eigenvalue weighted by Gasteiger charge is 2.30. The molecule has 1 aromatic carbocycles. The summed E-state index contributed by atoms with van der Waals surface area (Å²) in [5.41, 5.74) is 2.18. The van der Waals surface area contributed by atoms with Crippen LogP contribution in [0.4, 0.5) is 4.79 Å².